The van der Waals surface area contributed by atoms with Gasteiger partial charge >= 0.3 is 0 Å². The zero-order valence-corrected chi connectivity index (χ0v) is 17.0. The summed E-state index contributed by atoms with van der Waals surface area (Å²) in [7, 11) is 0. The van der Waals surface area contributed by atoms with E-state index >= 15 is 0 Å². The molecule has 0 radical (unpaired) electrons. The second-order valence-electron chi connectivity index (χ2n) is 8.49. The number of benzene rings is 2. The van der Waals surface area contributed by atoms with E-state index in [1.165, 1.54) is 0 Å². The standard InChI is InChI=1S/C23H16F5N3O2/c24-16-12(17(25)19(27)20(28)18(16)26)9-31-22(32)14-13-2-1-7-30(13)21(15(14)23(31)33)11-5-3-10(8-29)4-6-11/h3-6,13-15,21H,1-2,7,9H2/t13?,14-,15-,21-/m1/s1. The smallest absolute Gasteiger partial charge is 0.235 e. The van der Waals surface area contributed by atoms with E-state index in [1.54, 1.807) is 24.3 Å². The van der Waals surface area contributed by atoms with Gasteiger partial charge in [0.05, 0.1) is 30.0 Å². The van der Waals surface area contributed by atoms with Crippen molar-refractivity contribution < 1.29 is 31.5 Å². The van der Waals surface area contributed by atoms with Gasteiger partial charge in [-0.3, -0.25) is 19.4 Å². The molecule has 1 unspecified atom stereocenters. The van der Waals surface area contributed by atoms with Crippen LogP contribution < -0.4 is 0 Å². The lowest BCUT2D eigenvalue weighted by molar-refractivity contribution is -0.142. The van der Waals surface area contributed by atoms with Gasteiger partial charge in [-0.2, -0.15) is 5.26 Å². The van der Waals surface area contributed by atoms with Crippen molar-refractivity contribution in [2.24, 2.45) is 11.8 Å². The van der Waals surface area contributed by atoms with Crippen molar-refractivity contribution >= 4 is 11.8 Å². The molecule has 2 aromatic carbocycles. The van der Waals surface area contributed by atoms with Crippen molar-refractivity contribution in [3.63, 3.8) is 0 Å². The number of nitrogens with zero attached hydrogens (tertiary/aromatic N) is 3. The first kappa shape index (κ1) is 21.5. The van der Waals surface area contributed by atoms with Gasteiger partial charge in [0.15, 0.2) is 23.3 Å². The number of hydrogen-bond acceptors (Lipinski definition) is 4. The molecule has 3 aliphatic heterocycles. The Morgan fingerprint density at radius 2 is 1.45 bits per heavy atom. The molecule has 0 saturated carbocycles. The fraction of sp³-hybridized carbons (Fsp3) is 0.348. The highest BCUT2D eigenvalue weighted by molar-refractivity contribution is 6.06. The Kier molecular flexibility index (Phi) is 4.97. The normalized spacial score (nSPS) is 26.6. The molecule has 5 rings (SSSR count). The molecule has 10 heteroatoms. The summed E-state index contributed by atoms with van der Waals surface area (Å²) in [6, 6.07) is 7.84. The lowest BCUT2D eigenvalue weighted by Gasteiger charge is -2.29. The Bertz CT molecular complexity index is 1200. The predicted octanol–water partition coefficient (Wildman–Crippen LogP) is 3.57. The first-order valence-corrected chi connectivity index (χ1v) is 10.4. The number of rotatable bonds is 3. The summed E-state index contributed by atoms with van der Waals surface area (Å²) in [5.41, 5.74) is -0.0769. The molecule has 0 N–H and O–H groups in total. The van der Waals surface area contributed by atoms with Crippen LogP contribution in [0.25, 0.3) is 0 Å². The zero-order valence-electron chi connectivity index (χ0n) is 17.0. The number of hydrogen-bond donors (Lipinski definition) is 0. The van der Waals surface area contributed by atoms with Crippen LogP contribution in [0.5, 0.6) is 0 Å². The van der Waals surface area contributed by atoms with Crippen molar-refractivity contribution in [2.45, 2.75) is 31.5 Å². The monoisotopic (exact) mass is 461 g/mol. The van der Waals surface area contributed by atoms with Gasteiger partial charge in [-0.1, -0.05) is 12.1 Å². The second-order valence-corrected chi connectivity index (χ2v) is 8.49. The maximum atomic E-state index is 14.2. The molecule has 5 nitrogen and oxygen atoms in total. The molecule has 170 valence electrons. The molecule has 3 saturated heterocycles. The topological polar surface area (TPSA) is 64.4 Å². The molecule has 3 fully saturated rings. The number of fused-ring (bicyclic) bond motifs is 3. The van der Waals surface area contributed by atoms with Crippen LogP contribution in [-0.2, 0) is 16.1 Å². The molecular formula is C23H16F5N3O2. The lowest BCUT2D eigenvalue weighted by atomic mass is 9.85. The summed E-state index contributed by atoms with van der Waals surface area (Å²) in [6.45, 7) is -0.385. The molecule has 2 amide bonds. The van der Waals surface area contributed by atoms with Crippen LogP contribution in [0, 0.1) is 52.3 Å². The molecule has 3 heterocycles. The first-order chi connectivity index (χ1) is 15.8. The number of carbonyl (C=O) groups excluding carboxylic acids is 2. The third-order valence-electron chi connectivity index (χ3n) is 6.94. The molecule has 4 atom stereocenters. The SMILES string of the molecule is N#Cc1ccc([C@@H]2[C@@H]3C(=O)N(Cc4c(F)c(F)c(F)c(F)c4F)C(=O)[C@@H]3C3CCCN32)cc1. The summed E-state index contributed by atoms with van der Waals surface area (Å²) < 4.78 is 69.1. The van der Waals surface area contributed by atoms with E-state index in [9.17, 15) is 31.5 Å². The maximum absolute atomic E-state index is 14.2. The summed E-state index contributed by atoms with van der Waals surface area (Å²) >= 11 is 0. The van der Waals surface area contributed by atoms with Crippen molar-refractivity contribution in [3.05, 3.63) is 70.0 Å². The van der Waals surface area contributed by atoms with Crippen molar-refractivity contribution in [2.75, 3.05) is 6.54 Å². The molecule has 33 heavy (non-hydrogen) atoms. The largest absolute Gasteiger partial charge is 0.292 e. The number of nitriles is 1. The molecule has 0 spiro atoms. The van der Waals surface area contributed by atoms with E-state index in [2.05, 4.69) is 4.90 Å². The highest BCUT2D eigenvalue weighted by atomic mass is 19.2. The molecule has 2 aromatic rings. The Hall–Kier alpha value is -3.32. The Morgan fingerprint density at radius 1 is 0.879 bits per heavy atom. The summed E-state index contributed by atoms with van der Waals surface area (Å²) in [4.78, 5) is 29.2. The van der Waals surface area contributed by atoms with Gasteiger partial charge in [0, 0.05) is 17.6 Å². The average molecular weight is 461 g/mol. The molecular weight excluding hydrogens is 445 g/mol. The van der Waals surface area contributed by atoms with Crippen LogP contribution in [0.1, 0.15) is 35.6 Å². The van der Waals surface area contributed by atoms with Gasteiger partial charge in [-0.25, -0.2) is 22.0 Å². The van der Waals surface area contributed by atoms with E-state index in [0.29, 0.717) is 29.0 Å². The Balaban J connectivity index is 1.53. The van der Waals surface area contributed by atoms with Crippen molar-refractivity contribution in [3.8, 4) is 6.07 Å². The third kappa shape index (κ3) is 2.99. The van der Waals surface area contributed by atoms with Crippen molar-refractivity contribution in [1.82, 2.24) is 9.80 Å². The van der Waals surface area contributed by atoms with E-state index in [4.69, 9.17) is 5.26 Å². The number of halogens is 5. The number of carbonyl (C=O) groups is 2. The predicted molar refractivity (Wildman–Crippen MR) is 102 cm³/mol. The Labute approximate surface area is 185 Å². The highest BCUT2D eigenvalue weighted by Crippen LogP contribution is 2.53. The first-order valence-electron chi connectivity index (χ1n) is 10.4. The summed E-state index contributed by atoms with van der Waals surface area (Å²) in [5, 5.41) is 9.04. The number of amides is 2. The third-order valence-corrected chi connectivity index (χ3v) is 6.94. The van der Waals surface area contributed by atoms with E-state index < -0.39 is 70.9 Å². The van der Waals surface area contributed by atoms with Gasteiger partial charge in [0.25, 0.3) is 0 Å². The van der Waals surface area contributed by atoms with Crippen molar-refractivity contribution in [1.29, 1.82) is 5.26 Å². The number of likely N-dealkylation sites (tertiary alicyclic amines) is 1. The minimum absolute atomic E-state index is 0.270. The van der Waals surface area contributed by atoms with Gasteiger partial charge in [-0.05, 0) is 37.1 Å². The van der Waals surface area contributed by atoms with Crippen LogP contribution in [0.4, 0.5) is 22.0 Å². The van der Waals surface area contributed by atoms with Gasteiger partial charge < -0.3 is 0 Å². The molecule has 0 aromatic heterocycles. The van der Waals surface area contributed by atoms with Crippen LogP contribution in [-0.4, -0.2) is 34.2 Å². The quantitative estimate of drug-likeness (QED) is 0.304. The van der Waals surface area contributed by atoms with E-state index in [-0.39, 0.29) is 6.04 Å². The minimum Gasteiger partial charge on any atom is -0.292 e. The van der Waals surface area contributed by atoms with E-state index in [0.717, 1.165) is 6.42 Å². The maximum Gasteiger partial charge on any atom is 0.235 e. The van der Waals surface area contributed by atoms with Crippen LogP contribution in [0.2, 0.25) is 0 Å². The van der Waals surface area contributed by atoms with Crippen LogP contribution in [0.15, 0.2) is 24.3 Å². The fourth-order valence-corrected chi connectivity index (χ4v) is 5.52. The summed E-state index contributed by atoms with van der Waals surface area (Å²) in [6.07, 6.45) is 1.43. The van der Waals surface area contributed by atoms with Gasteiger partial charge in [-0.15, -0.1) is 0 Å². The second kappa shape index (κ2) is 7.63. The minimum atomic E-state index is -2.30. The van der Waals surface area contributed by atoms with Gasteiger partial charge in [0.1, 0.15) is 0 Å². The van der Waals surface area contributed by atoms with Crippen LogP contribution in [0.3, 0.4) is 0 Å². The highest BCUT2D eigenvalue weighted by Gasteiger charge is 2.63. The molecule has 3 aliphatic rings. The zero-order chi connectivity index (χ0) is 23.6. The van der Waals surface area contributed by atoms with E-state index in [1.807, 2.05) is 6.07 Å². The van der Waals surface area contributed by atoms with Gasteiger partial charge in [0.2, 0.25) is 17.6 Å². The number of imide groups is 1. The fourth-order valence-electron chi connectivity index (χ4n) is 5.52. The lowest BCUT2D eigenvalue weighted by Crippen LogP contribution is -2.39. The van der Waals surface area contributed by atoms with Crippen LogP contribution >= 0.6 is 0 Å². The molecule has 0 aliphatic carbocycles. The average Bonchev–Trinajstić information content (AvgIpc) is 3.47. The molecule has 0 bridgehead atoms. The Morgan fingerprint density at radius 3 is 2.06 bits per heavy atom. The summed E-state index contributed by atoms with van der Waals surface area (Å²) in [5.74, 6) is -13.7.